The Hall–Kier alpha value is -2.00. The zero-order chi connectivity index (χ0) is 12.8. The summed E-state index contributed by atoms with van der Waals surface area (Å²) in [5.74, 6) is 0.884. The van der Waals surface area contributed by atoms with E-state index in [0.29, 0.717) is 0 Å². The van der Waals surface area contributed by atoms with Gasteiger partial charge in [-0.25, -0.2) is 0 Å². The van der Waals surface area contributed by atoms with Gasteiger partial charge in [-0.1, -0.05) is 36.4 Å². The average Bonchev–Trinajstić information content (AvgIpc) is 2.65. The largest absolute Gasteiger partial charge is 0.495 e. The molecule has 0 bridgehead atoms. The maximum Gasteiger partial charge on any atom is 0.141 e. The lowest BCUT2D eigenvalue weighted by atomic mass is 10.2. The zero-order valence-corrected chi connectivity index (χ0v) is 11.4. The highest BCUT2D eigenvalue weighted by Gasteiger charge is 2.03. The summed E-state index contributed by atoms with van der Waals surface area (Å²) in [6, 6.07) is 6.15. The number of anilines is 1. The van der Waals surface area contributed by atoms with Crippen LogP contribution in [0.4, 0.5) is 5.69 Å². The molecule has 1 aromatic carbocycles. The molecule has 0 atom stereocenters. The lowest BCUT2D eigenvalue weighted by Gasteiger charge is -2.12. The van der Waals surface area contributed by atoms with Gasteiger partial charge in [0.2, 0.25) is 0 Å². The van der Waals surface area contributed by atoms with Crippen molar-refractivity contribution in [3.8, 4) is 5.75 Å². The average molecular weight is 259 g/mol. The molecule has 102 valence electrons. The van der Waals surface area contributed by atoms with Crippen molar-refractivity contribution in [1.82, 2.24) is 0 Å². The van der Waals surface area contributed by atoms with Crippen molar-refractivity contribution in [3.63, 3.8) is 0 Å². The Morgan fingerprint density at radius 3 is 2.89 bits per heavy atom. The number of allylic oxidation sites excluding steroid dienone is 4. The van der Waals surface area contributed by atoms with Gasteiger partial charge in [-0.05, 0) is 36.6 Å². The van der Waals surface area contributed by atoms with E-state index < -0.39 is 0 Å². The molecule has 0 unspecified atom stereocenters. The second kappa shape index (κ2) is 7.44. The van der Waals surface area contributed by atoms with E-state index >= 15 is 0 Å². The second-order valence-corrected chi connectivity index (χ2v) is 4.37. The molecule has 0 fully saturated rings. The third-order valence-corrected chi connectivity index (χ3v) is 2.89. The van der Waals surface area contributed by atoms with Gasteiger partial charge < -0.3 is 15.5 Å². The normalized spacial score (nSPS) is 13.3. The van der Waals surface area contributed by atoms with Crippen molar-refractivity contribution in [1.29, 1.82) is 0 Å². The number of hydrogen-bond acceptors (Lipinski definition) is 2. The summed E-state index contributed by atoms with van der Waals surface area (Å²) >= 11 is 0. The van der Waals surface area contributed by atoms with Crippen LogP contribution in [0.15, 0.2) is 54.2 Å². The van der Waals surface area contributed by atoms with Gasteiger partial charge in [0, 0.05) is 6.54 Å². The van der Waals surface area contributed by atoms with E-state index in [4.69, 9.17) is 4.74 Å². The van der Waals surface area contributed by atoms with Crippen LogP contribution >= 0.6 is 0 Å². The van der Waals surface area contributed by atoms with Gasteiger partial charge in [-0.15, -0.1) is 0 Å². The van der Waals surface area contributed by atoms with E-state index in [0.717, 1.165) is 24.4 Å². The number of methoxy groups -OCH3 is 1. The highest BCUT2D eigenvalue weighted by Crippen LogP contribution is 2.25. The molecule has 3 heteroatoms. The van der Waals surface area contributed by atoms with Gasteiger partial charge in [0.15, 0.2) is 0 Å². The lowest BCUT2D eigenvalue weighted by Crippen LogP contribution is -2.05. The van der Waals surface area contributed by atoms with Crippen molar-refractivity contribution in [2.24, 2.45) is 0 Å². The maximum absolute atomic E-state index is 5.35. The molecular formula is C16H21NO2. The molecule has 0 heterocycles. The molecule has 0 aliphatic heterocycles. The highest BCUT2D eigenvalue weighted by molar-refractivity contribution is 5.59. The molecule has 3 nitrogen and oxygen atoms in total. The molecular weight excluding hydrogens is 238 g/mol. The fraction of sp³-hybridized carbons (Fsp3) is 0.250. The van der Waals surface area contributed by atoms with Gasteiger partial charge in [-0.3, -0.25) is 0 Å². The lowest BCUT2D eigenvalue weighted by molar-refractivity contribution is 0.416. The molecule has 0 aromatic heterocycles. The van der Waals surface area contributed by atoms with Gasteiger partial charge in [-0.2, -0.15) is 0 Å². The molecule has 0 radical (unpaired) electrons. The Kier molecular flexibility index (Phi) is 5.90. The summed E-state index contributed by atoms with van der Waals surface area (Å²) in [7, 11) is 1.70. The van der Waals surface area contributed by atoms with Gasteiger partial charge in [0.05, 0.1) is 12.8 Å². The summed E-state index contributed by atoms with van der Waals surface area (Å²) in [5, 5.41) is 3.42. The Balaban J connectivity index is 0.00000180. The minimum absolute atomic E-state index is 0. The van der Waals surface area contributed by atoms with E-state index in [2.05, 4.69) is 54.8 Å². The van der Waals surface area contributed by atoms with Gasteiger partial charge >= 0.3 is 0 Å². The molecule has 0 amide bonds. The number of rotatable bonds is 4. The Bertz CT molecular complexity index is 501. The highest BCUT2D eigenvalue weighted by atomic mass is 16.5. The smallest absolute Gasteiger partial charge is 0.141 e. The van der Waals surface area contributed by atoms with E-state index in [1.54, 1.807) is 7.11 Å². The molecule has 3 N–H and O–H groups in total. The van der Waals surface area contributed by atoms with Crippen LogP contribution in [0.1, 0.15) is 12.0 Å². The first-order valence-corrected chi connectivity index (χ1v) is 6.20. The van der Waals surface area contributed by atoms with Crippen molar-refractivity contribution < 1.29 is 10.2 Å². The van der Waals surface area contributed by atoms with E-state index in [-0.39, 0.29) is 5.48 Å². The third kappa shape index (κ3) is 4.30. The number of hydrogen-bond donors (Lipinski definition) is 1. The molecule has 19 heavy (non-hydrogen) atoms. The van der Waals surface area contributed by atoms with Crippen LogP contribution < -0.4 is 10.1 Å². The first kappa shape index (κ1) is 15.1. The third-order valence-electron chi connectivity index (χ3n) is 2.89. The fourth-order valence-corrected chi connectivity index (χ4v) is 1.90. The van der Waals surface area contributed by atoms with Crippen LogP contribution in [0.2, 0.25) is 0 Å². The summed E-state index contributed by atoms with van der Waals surface area (Å²) < 4.78 is 5.35. The van der Waals surface area contributed by atoms with Crippen LogP contribution in [0.25, 0.3) is 0 Å². The van der Waals surface area contributed by atoms with Gasteiger partial charge in [0.1, 0.15) is 5.75 Å². The van der Waals surface area contributed by atoms with Crippen LogP contribution in [0.5, 0.6) is 5.75 Å². The molecule has 1 aromatic rings. The summed E-state index contributed by atoms with van der Waals surface area (Å²) in [5.41, 5.74) is 3.54. The molecule has 0 saturated heterocycles. The van der Waals surface area contributed by atoms with Crippen molar-refractivity contribution in [3.05, 3.63) is 59.7 Å². The standard InChI is InChI=1S/C16H19NO.H2O/c1-13-9-10-16(18-2)15(11-13)17-12-14-7-5-3-4-6-8-14;/h3,5-11,17H,4,12H2,1-2H3;1H2. The molecule has 0 spiro atoms. The van der Waals surface area contributed by atoms with Crippen LogP contribution in [-0.2, 0) is 0 Å². The number of nitrogens with one attached hydrogen (secondary N) is 1. The van der Waals surface area contributed by atoms with E-state index in [1.165, 1.54) is 11.1 Å². The van der Waals surface area contributed by atoms with Crippen molar-refractivity contribution in [2.75, 3.05) is 19.0 Å². The number of benzene rings is 1. The molecule has 1 aliphatic carbocycles. The topological polar surface area (TPSA) is 52.8 Å². The number of ether oxygens (including phenoxy) is 1. The van der Waals surface area contributed by atoms with Crippen LogP contribution in [0.3, 0.4) is 0 Å². The quantitative estimate of drug-likeness (QED) is 0.903. The molecule has 2 rings (SSSR count). The predicted octanol–water partition coefficient (Wildman–Crippen LogP) is 3.03. The fourth-order valence-electron chi connectivity index (χ4n) is 1.90. The second-order valence-electron chi connectivity index (χ2n) is 4.37. The summed E-state index contributed by atoms with van der Waals surface area (Å²) in [6.07, 6.45) is 11.7. The first-order chi connectivity index (χ1) is 8.79. The first-order valence-electron chi connectivity index (χ1n) is 6.20. The Morgan fingerprint density at radius 1 is 1.26 bits per heavy atom. The SMILES string of the molecule is COc1ccc(C)cc1NCC1=CC=CCC=C1.O. The number of aryl methyl sites for hydroxylation is 1. The Morgan fingerprint density at radius 2 is 2.11 bits per heavy atom. The van der Waals surface area contributed by atoms with E-state index in [1.807, 2.05) is 6.07 Å². The van der Waals surface area contributed by atoms with Crippen molar-refractivity contribution in [2.45, 2.75) is 13.3 Å². The van der Waals surface area contributed by atoms with Crippen LogP contribution in [0, 0.1) is 6.92 Å². The van der Waals surface area contributed by atoms with Crippen molar-refractivity contribution >= 4 is 5.69 Å². The zero-order valence-electron chi connectivity index (χ0n) is 11.4. The monoisotopic (exact) mass is 259 g/mol. The Labute approximate surface area is 114 Å². The van der Waals surface area contributed by atoms with E-state index in [9.17, 15) is 0 Å². The van der Waals surface area contributed by atoms with Gasteiger partial charge in [0.25, 0.3) is 0 Å². The summed E-state index contributed by atoms with van der Waals surface area (Å²) in [4.78, 5) is 0. The predicted molar refractivity (Wildman–Crippen MR) is 80.8 cm³/mol. The molecule has 0 saturated carbocycles. The van der Waals surface area contributed by atoms with Crippen LogP contribution in [-0.4, -0.2) is 19.1 Å². The molecule has 1 aliphatic rings. The minimum atomic E-state index is 0. The maximum atomic E-state index is 5.35. The summed E-state index contributed by atoms with van der Waals surface area (Å²) in [6.45, 7) is 2.89. The minimum Gasteiger partial charge on any atom is -0.495 e.